The predicted molar refractivity (Wildman–Crippen MR) is 82.3 cm³/mol. The minimum Gasteiger partial charge on any atom is -0.349 e. The van der Waals surface area contributed by atoms with Crippen molar-refractivity contribution < 1.29 is 9.59 Å². The van der Waals surface area contributed by atoms with Gasteiger partial charge in [-0.1, -0.05) is 26.7 Å². The quantitative estimate of drug-likeness (QED) is 0.869. The van der Waals surface area contributed by atoms with Gasteiger partial charge in [0.1, 0.15) is 6.04 Å². The fourth-order valence-corrected chi connectivity index (χ4v) is 4.00. The summed E-state index contributed by atoms with van der Waals surface area (Å²) in [7, 11) is 0. The van der Waals surface area contributed by atoms with Crippen LogP contribution in [0.5, 0.6) is 0 Å². The molecule has 3 rings (SSSR count). The number of carbonyl (C=O) groups excluding carboxylic acids is 2. The first-order valence-electron chi connectivity index (χ1n) is 7.64. The van der Waals surface area contributed by atoms with Crippen LogP contribution in [-0.4, -0.2) is 33.8 Å². The second-order valence-corrected chi connectivity index (χ2v) is 7.03. The Bertz CT molecular complexity index is 549. The zero-order valence-electron chi connectivity index (χ0n) is 12.5. The third-order valence-electron chi connectivity index (χ3n) is 4.28. The molecular formula is C15H21N3O2S. The molecule has 1 unspecified atom stereocenters. The highest BCUT2D eigenvalue weighted by Gasteiger charge is 2.43. The molecule has 0 spiro atoms. The van der Waals surface area contributed by atoms with E-state index in [9.17, 15) is 9.59 Å². The van der Waals surface area contributed by atoms with E-state index in [1.807, 2.05) is 5.38 Å². The summed E-state index contributed by atoms with van der Waals surface area (Å²) in [6.45, 7) is 4.18. The summed E-state index contributed by atoms with van der Waals surface area (Å²) in [4.78, 5) is 30.6. The van der Waals surface area contributed by atoms with E-state index in [-0.39, 0.29) is 24.3 Å². The number of amides is 2. The molecule has 1 aliphatic heterocycles. The Labute approximate surface area is 128 Å². The molecule has 0 bridgehead atoms. The predicted octanol–water partition coefficient (Wildman–Crippen LogP) is 2.75. The molecule has 5 nitrogen and oxygen atoms in total. The van der Waals surface area contributed by atoms with Crippen molar-refractivity contribution in [1.29, 1.82) is 0 Å². The molecule has 1 aromatic heterocycles. The first-order chi connectivity index (χ1) is 10.1. The summed E-state index contributed by atoms with van der Waals surface area (Å²) in [5.41, 5.74) is 1.02. The molecule has 0 radical (unpaired) electrons. The van der Waals surface area contributed by atoms with Crippen molar-refractivity contribution in [2.75, 3.05) is 5.32 Å². The average molecular weight is 307 g/mol. The number of carbonyl (C=O) groups is 2. The van der Waals surface area contributed by atoms with Crippen LogP contribution < -0.4 is 5.32 Å². The van der Waals surface area contributed by atoms with Crippen molar-refractivity contribution in [3.8, 4) is 0 Å². The smallest absolute Gasteiger partial charge is 0.252 e. The molecule has 114 valence electrons. The number of hydrogen-bond acceptors (Lipinski definition) is 5. The molecule has 1 aliphatic carbocycles. The monoisotopic (exact) mass is 307 g/mol. The highest BCUT2D eigenvalue weighted by molar-refractivity contribution is 7.13. The van der Waals surface area contributed by atoms with E-state index < -0.39 is 6.04 Å². The Morgan fingerprint density at radius 1 is 1.33 bits per heavy atom. The molecular weight excluding hydrogens is 286 g/mol. The van der Waals surface area contributed by atoms with Crippen molar-refractivity contribution in [2.24, 2.45) is 0 Å². The molecule has 1 saturated heterocycles. The van der Waals surface area contributed by atoms with Gasteiger partial charge in [0.2, 0.25) is 5.91 Å². The van der Waals surface area contributed by atoms with E-state index in [1.165, 1.54) is 16.2 Å². The van der Waals surface area contributed by atoms with Gasteiger partial charge in [0.05, 0.1) is 12.1 Å². The fourth-order valence-electron chi connectivity index (χ4n) is 3.08. The third kappa shape index (κ3) is 2.81. The van der Waals surface area contributed by atoms with Crippen LogP contribution in [0.1, 0.15) is 57.6 Å². The van der Waals surface area contributed by atoms with Gasteiger partial charge in [-0.2, -0.15) is 0 Å². The number of rotatable bonds is 4. The van der Waals surface area contributed by atoms with Crippen LogP contribution in [0.25, 0.3) is 0 Å². The van der Waals surface area contributed by atoms with Crippen molar-refractivity contribution >= 4 is 28.3 Å². The van der Waals surface area contributed by atoms with E-state index in [0.29, 0.717) is 5.92 Å². The van der Waals surface area contributed by atoms with Crippen molar-refractivity contribution in [2.45, 2.75) is 64.0 Å². The van der Waals surface area contributed by atoms with Gasteiger partial charge in [-0.25, -0.2) is 4.98 Å². The molecule has 1 N–H and O–H groups in total. The maximum absolute atomic E-state index is 12.5. The molecule has 1 saturated carbocycles. The molecule has 0 aromatic carbocycles. The minimum atomic E-state index is -0.440. The highest BCUT2D eigenvalue weighted by Crippen LogP contribution is 2.30. The van der Waals surface area contributed by atoms with Gasteiger partial charge in [-0.15, -0.1) is 11.3 Å². The largest absolute Gasteiger partial charge is 0.349 e. The van der Waals surface area contributed by atoms with E-state index in [1.54, 1.807) is 0 Å². The van der Waals surface area contributed by atoms with Crippen molar-refractivity contribution in [3.63, 3.8) is 0 Å². The summed E-state index contributed by atoms with van der Waals surface area (Å²) >= 11 is 1.50. The molecule has 2 amide bonds. The van der Waals surface area contributed by atoms with Crippen LogP contribution in [0.2, 0.25) is 0 Å². The Balaban J connectivity index is 1.68. The lowest BCUT2D eigenvalue weighted by molar-refractivity contribution is -0.141. The second-order valence-electron chi connectivity index (χ2n) is 6.17. The number of nitrogens with zero attached hydrogens (tertiary/aromatic N) is 2. The molecule has 6 heteroatoms. The molecule has 2 aliphatic rings. The maximum atomic E-state index is 12.5. The van der Waals surface area contributed by atoms with Crippen LogP contribution >= 0.6 is 11.3 Å². The zero-order valence-corrected chi connectivity index (χ0v) is 13.3. The summed E-state index contributed by atoms with van der Waals surface area (Å²) in [5.74, 6) is 0.255. The second kappa shape index (κ2) is 5.75. The maximum Gasteiger partial charge on any atom is 0.252 e. The fraction of sp³-hybridized carbons (Fsp3) is 0.667. The first kappa shape index (κ1) is 14.5. The summed E-state index contributed by atoms with van der Waals surface area (Å²) < 4.78 is 0. The summed E-state index contributed by atoms with van der Waals surface area (Å²) in [6.07, 6.45) is 4.40. The number of anilines is 1. The van der Waals surface area contributed by atoms with Crippen LogP contribution in [0.15, 0.2) is 5.38 Å². The molecule has 2 heterocycles. The van der Waals surface area contributed by atoms with Crippen LogP contribution in [0, 0.1) is 0 Å². The van der Waals surface area contributed by atoms with Crippen molar-refractivity contribution in [1.82, 2.24) is 9.88 Å². The van der Waals surface area contributed by atoms with Crippen molar-refractivity contribution in [3.05, 3.63) is 11.1 Å². The standard InChI is InChI=1S/C15H21N3O2S/c1-9(2)12-8-21-15(17-12)16-11-7-13(19)18(14(11)20)10-5-3-4-6-10/h8-11H,3-7H2,1-2H3,(H,16,17). The van der Waals surface area contributed by atoms with Gasteiger partial charge in [0.15, 0.2) is 5.13 Å². The number of aromatic nitrogens is 1. The van der Waals surface area contributed by atoms with E-state index in [2.05, 4.69) is 24.1 Å². The highest BCUT2D eigenvalue weighted by atomic mass is 32.1. The number of thiazole rings is 1. The van der Waals surface area contributed by atoms with E-state index in [0.717, 1.165) is 36.5 Å². The lowest BCUT2D eigenvalue weighted by Crippen LogP contribution is -2.40. The number of hydrogen-bond donors (Lipinski definition) is 1. The first-order valence-corrected chi connectivity index (χ1v) is 8.52. The van der Waals surface area contributed by atoms with Crippen LogP contribution in [-0.2, 0) is 9.59 Å². The van der Waals surface area contributed by atoms with Crippen LogP contribution in [0.4, 0.5) is 5.13 Å². The Morgan fingerprint density at radius 2 is 2.05 bits per heavy atom. The minimum absolute atomic E-state index is 0.0370. The topological polar surface area (TPSA) is 62.3 Å². The Kier molecular flexibility index (Phi) is 3.97. The van der Waals surface area contributed by atoms with E-state index in [4.69, 9.17) is 0 Å². The normalized spacial score (nSPS) is 23.6. The lowest BCUT2D eigenvalue weighted by Gasteiger charge is -2.22. The third-order valence-corrected chi connectivity index (χ3v) is 5.08. The SMILES string of the molecule is CC(C)c1csc(NC2CC(=O)N(C3CCCC3)C2=O)n1. The lowest BCUT2D eigenvalue weighted by atomic mass is 10.2. The molecule has 2 fully saturated rings. The molecule has 1 aromatic rings. The summed E-state index contributed by atoms with van der Waals surface area (Å²) in [6, 6.07) is -0.316. The van der Waals surface area contributed by atoms with Gasteiger partial charge >= 0.3 is 0 Å². The molecule has 21 heavy (non-hydrogen) atoms. The Hall–Kier alpha value is -1.43. The molecule has 1 atom stereocenters. The summed E-state index contributed by atoms with van der Waals surface area (Å²) in [5, 5.41) is 5.88. The number of likely N-dealkylation sites (tertiary alicyclic amines) is 1. The van der Waals surface area contributed by atoms with Gasteiger partial charge in [0.25, 0.3) is 5.91 Å². The van der Waals surface area contributed by atoms with Gasteiger partial charge < -0.3 is 5.32 Å². The number of imide groups is 1. The van der Waals surface area contributed by atoms with Crippen LogP contribution in [0.3, 0.4) is 0 Å². The number of nitrogens with one attached hydrogen (secondary N) is 1. The van der Waals surface area contributed by atoms with E-state index >= 15 is 0 Å². The average Bonchev–Trinajstić information content (AvgIpc) is 3.12. The van der Waals surface area contributed by atoms with Gasteiger partial charge in [-0.3, -0.25) is 14.5 Å². The zero-order chi connectivity index (χ0) is 15.0. The Morgan fingerprint density at radius 3 is 2.67 bits per heavy atom. The van der Waals surface area contributed by atoms with Gasteiger partial charge in [0, 0.05) is 11.4 Å². The van der Waals surface area contributed by atoms with Gasteiger partial charge in [-0.05, 0) is 18.8 Å².